The number of amides is 1. The van der Waals surface area contributed by atoms with Gasteiger partial charge in [0.15, 0.2) is 0 Å². The molecule has 0 saturated heterocycles. The van der Waals surface area contributed by atoms with E-state index in [0.717, 1.165) is 5.56 Å². The number of hydrogen-bond acceptors (Lipinski definition) is 5. The van der Waals surface area contributed by atoms with Crippen LogP contribution in [0.1, 0.15) is 15.9 Å². The van der Waals surface area contributed by atoms with E-state index in [2.05, 4.69) is 10.3 Å². The van der Waals surface area contributed by atoms with Crippen molar-refractivity contribution in [3.8, 4) is 0 Å². The standard InChI is InChI=1S/C22H21N5O3/c1-30-12-11-27-19(23)16(21(28)24-14-15-7-3-2-4-8-15)13-17-20(27)25-18-9-5-6-10-26(18)22(17)29/h2-10,13,23H,11-12,14H2,1H3,(H,24,28). The van der Waals surface area contributed by atoms with E-state index in [4.69, 9.17) is 10.1 Å². The molecule has 4 rings (SSSR count). The minimum Gasteiger partial charge on any atom is -0.383 e. The molecule has 30 heavy (non-hydrogen) atoms. The smallest absolute Gasteiger partial charge is 0.267 e. The third-order valence-corrected chi connectivity index (χ3v) is 4.88. The molecule has 1 aromatic carbocycles. The number of nitrogens with one attached hydrogen (secondary N) is 2. The van der Waals surface area contributed by atoms with Gasteiger partial charge in [0, 0.05) is 26.4 Å². The molecule has 3 heterocycles. The first-order valence-electron chi connectivity index (χ1n) is 9.51. The van der Waals surface area contributed by atoms with Crippen molar-refractivity contribution >= 4 is 22.6 Å². The summed E-state index contributed by atoms with van der Waals surface area (Å²) in [4.78, 5) is 30.5. The van der Waals surface area contributed by atoms with Crippen LogP contribution in [0.4, 0.5) is 0 Å². The van der Waals surface area contributed by atoms with Gasteiger partial charge in [-0.2, -0.15) is 0 Å². The summed E-state index contributed by atoms with van der Waals surface area (Å²) >= 11 is 0. The Balaban J connectivity index is 1.85. The second kappa shape index (κ2) is 8.30. The lowest BCUT2D eigenvalue weighted by Gasteiger charge is -2.14. The predicted molar refractivity (Wildman–Crippen MR) is 112 cm³/mol. The molecule has 3 aromatic heterocycles. The fraction of sp³-hybridized carbons (Fsp3) is 0.182. The molecule has 8 heteroatoms. The Labute approximate surface area is 171 Å². The third kappa shape index (κ3) is 3.60. The van der Waals surface area contributed by atoms with Crippen LogP contribution >= 0.6 is 0 Å². The average Bonchev–Trinajstić information content (AvgIpc) is 2.78. The van der Waals surface area contributed by atoms with Crippen LogP contribution in [0.3, 0.4) is 0 Å². The summed E-state index contributed by atoms with van der Waals surface area (Å²) in [5, 5.41) is 11.7. The van der Waals surface area contributed by atoms with Gasteiger partial charge in [-0.05, 0) is 23.8 Å². The molecule has 1 amide bonds. The molecule has 0 radical (unpaired) electrons. The summed E-state index contributed by atoms with van der Waals surface area (Å²) in [7, 11) is 1.56. The largest absolute Gasteiger partial charge is 0.383 e. The summed E-state index contributed by atoms with van der Waals surface area (Å²) in [5.41, 5.74) is 1.58. The van der Waals surface area contributed by atoms with E-state index in [9.17, 15) is 9.59 Å². The van der Waals surface area contributed by atoms with Crippen LogP contribution in [0.25, 0.3) is 16.7 Å². The van der Waals surface area contributed by atoms with Crippen LogP contribution in [-0.2, 0) is 17.8 Å². The SMILES string of the molecule is COCCn1c(=N)c(C(=O)NCc2ccccc2)cc2c(=O)n3ccccc3nc21. The van der Waals surface area contributed by atoms with Gasteiger partial charge in [-0.3, -0.25) is 19.4 Å². The molecule has 4 aromatic rings. The molecule has 0 aliphatic carbocycles. The summed E-state index contributed by atoms with van der Waals surface area (Å²) < 4.78 is 8.13. The molecule has 0 saturated carbocycles. The molecule has 0 fully saturated rings. The van der Waals surface area contributed by atoms with E-state index in [1.54, 1.807) is 36.1 Å². The first kappa shape index (κ1) is 19.5. The monoisotopic (exact) mass is 403 g/mol. The number of hydrogen-bond donors (Lipinski definition) is 2. The first-order chi connectivity index (χ1) is 14.6. The van der Waals surface area contributed by atoms with Gasteiger partial charge in [-0.1, -0.05) is 36.4 Å². The number of carbonyl (C=O) groups excluding carboxylic acids is 1. The molecule has 152 valence electrons. The minimum atomic E-state index is -0.422. The van der Waals surface area contributed by atoms with Crippen molar-refractivity contribution in [2.75, 3.05) is 13.7 Å². The Morgan fingerprint density at radius 3 is 2.70 bits per heavy atom. The number of rotatable bonds is 6. The van der Waals surface area contributed by atoms with Gasteiger partial charge < -0.3 is 14.6 Å². The van der Waals surface area contributed by atoms with Gasteiger partial charge in [0.1, 0.15) is 16.8 Å². The van der Waals surface area contributed by atoms with E-state index in [0.29, 0.717) is 31.0 Å². The van der Waals surface area contributed by atoms with Crippen molar-refractivity contribution < 1.29 is 9.53 Å². The highest BCUT2D eigenvalue weighted by atomic mass is 16.5. The van der Waals surface area contributed by atoms with E-state index in [1.165, 1.54) is 10.5 Å². The predicted octanol–water partition coefficient (Wildman–Crippen LogP) is 1.71. The van der Waals surface area contributed by atoms with Crippen molar-refractivity contribution in [3.63, 3.8) is 0 Å². The molecular weight excluding hydrogens is 382 g/mol. The summed E-state index contributed by atoms with van der Waals surface area (Å²) in [6.45, 7) is 0.932. The fourth-order valence-corrected chi connectivity index (χ4v) is 3.33. The van der Waals surface area contributed by atoms with Crippen LogP contribution in [0.5, 0.6) is 0 Å². The number of methoxy groups -OCH3 is 1. The molecule has 0 spiro atoms. The van der Waals surface area contributed by atoms with E-state index in [1.807, 2.05) is 30.3 Å². The van der Waals surface area contributed by atoms with Crippen LogP contribution < -0.4 is 16.4 Å². The summed E-state index contributed by atoms with van der Waals surface area (Å²) in [6.07, 6.45) is 1.63. The minimum absolute atomic E-state index is 0.0164. The zero-order valence-electron chi connectivity index (χ0n) is 16.5. The molecule has 0 aliphatic rings. The maximum Gasteiger partial charge on any atom is 0.267 e. The van der Waals surface area contributed by atoms with Gasteiger partial charge in [-0.25, -0.2) is 4.98 Å². The van der Waals surface area contributed by atoms with Crippen molar-refractivity contribution in [2.45, 2.75) is 13.1 Å². The lowest BCUT2D eigenvalue weighted by molar-refractivity contribution is 0.0948. The Morgan fingerprint density at radius 1 is 1.17 bits per heavy atom. The molecule has 0 unspecified atom stereocenters. The highest BCUT2D eigenvalue weighted by Crippen LogP contribution is 2.10. The quantitative estimate of drug-likeness (QED) is 0.479. The number of ether oxygens (including phenoxy) is 1. The number of pyridine rings is 2. The van der Waals surface area contributed by atoms with E-state index < -0.39 is 5.91 Å². The maximum atomic E-state index is 13.1. The first-order valence-corrected chi connectivity index (χ1v) is 9.51. The fourth-order valence-electron chi connectivity index (χ4n) is 3.33. The van der Waals surface area contributed by atoms with E-state index >= 15 is 0 Å². The maximum absolute atomic E-state index is 13.1. The zero-order chi connectivity index (χ0) is 21.1. The molecule has 0 aliphatic heterocycles. The van der Waals surface area contributed by atoms with Crippen LogP contribution in [-0.4, -0.2) is 33.6 Å². The zero-order valence-corrected chi connectivity index (χ0v) is 16.5. The Kier molecular flexibility index (Phi) is 5.40. The number of benzene rings is 1. The lowest BCUT2D eigenvalue weighted by atomic mass is 10.1. The van der Waals surface area contributed by atoms with Crippen molar-refractivity contribution in [1.29, 1.82) is 5.41 Å². The second-order valence-electron chi connectivity index (χ2n) is 6.80. The molecule has 0 bridgehead atoms. The van der Waals surface area contributed by atoms with Crippen molar-refractivity contribution in [1.82, 2.24) is 19.3 Å². The Morgan fingerprint density at radius 2 is 1.93 bits per heavy atom. The average molecular weight is 403 g/mol. The van der Waals surface area contributed by atoms with Crippen molar-refractivity contribution in [3.05, 3.63) is 87.8 Å². The van der Waals surface area contributed by atoms with Gasteiger partial charge in [-0.15, -0.1) is 0 Å². The second-order valence-corrected chi connectivity index (χ2v) is 6.80. The van der Waals surface area contributed by atoms with Gasteiger partial charge in [0.05, 0.1) is 17.6 Å². The highest BCUT2D eigenvalue weighted by molar-refractivity contribution is 5.96. The van der Waals surface area contributed by atoms with Gasteiger partial charge in [0.2, 0.25) is 0 Å². The van der Waals surface area contributed by atoms with Crippen LogP contribution in [0, 0.1) is 5.41 Å². The van der Waals surface area contributed by atoms with Crippen molar-refractivity contribution in [2.24, 2.45) is 0 Å². The lowest BCUT2D eigenvalue weighted by Crippen LogP contribution is -2.35. The van der Waals surface area contributed by atoms with Gasteiger partial charge >= 0.3 is 0 Å². The summed E-state index contributed by atoms with van der Waals surface area (Å²) in [5.74, 6) is -0.422. The molecule has 0 atom stereocenters. The molecule has 2 N–H and O–H groups in total. The number of nitrogens with zero attached hydrogens (tertiary/aromatic N) is 3. The molecule has 8 nitrogen and oxygen atoms in total. The van der Waals surface area contributed by atoms with Gasteiger partial charge in [0.25, 0.3) is 11.5 Å². The number of carbonyl (C=O) groups is 1. The summed E-state index contributed by atoms with van der Waals surface area (Å²) in [6, 6.07) is 16.2. The number of aromatic nitrogens is 3. The topological polar surface area (TPSA) is 101 Å². The molecular formula is C22H21N5O3. The Hall–Kier alpha value is -3.78. The highest BCUT2D eigenvalue weighted by Gasteiger charge is 2.17. The Bertz CT molecular complexity index is 1340. The normalized spacial score (nSPS) is 11.1. The van der Waals surface area contributed by atoms with Crippen LogP contribution in [0.2, 0.25) is 0 Å². The third-order valence-electron chi connectivity index (χ3n) is 4.88. The number of fused-ring (bicyclic) bond motifs is 2. The van der Waals surface area contributed by atoms with Crippen LogP contribution in [0.15, 0.2) is 65.6 Å². The van der Waals surface area contributed by atoms with E-state index in [-0.39, 0.29) is 22.0 Å².